The van der Waals surface area contributed by atoms with E-state index in [1.54, 1.807) is 0 Å². The van der Waals surface area contributed by atoms with Crippen LogP contribution in [0.4, 0.5) is 0 Å². The number of nitrogens with zero attached hydrogens (tertiary/aromatic N) is 2. The van der Waals surface area contributed by atoms with Crippen LogP contribution in [-0.2, 0) is 6.54 Å². The first-order valence-corrected chi connectivity index (χ1v) is 11.4. The van der Waals surface area contributed by atoms with Gasteiger partial charge in [0.1, 0.15) is 11.6 Å². The van der Waals surface area contributed by atoms with E-state index < -0.39 is 0 Å². The van der Waals surface area contributed by atoms with E-state index in [1.807, 2.05) is 18.2 Å². The molecule has 4 aromatic rings. The summed E-state index contributed by atoms with van der Waals surface area (Å²) in [5, 5.41) is 0. The lowest BCUT2D eigenvalue weighted by atomic mass is 10.0. The second kappa shape index (κ2) is 9.48. The minimum atomic E-state index is 0.464. The van der Waals surface area contributed by atoms with Crippen molar-refractivity contribution in [2.45, 2.75) is 39.2 Å². The Morgan fingerprint density at radius 1 is 0.933 bits per heavy atom. The van der Waals surface area contributed by atoms with Gasteiger partial charge in [-0.1, -0.05) is 72.2 Å². The lowest BCUT2D eigenvalue weighted by Gasteiger charge is -2.14. The fraction of sp³-hybridized carbons (Fsp3) is 0.269. The zero-order valence-electron chi connectivity index (χ0n) is 17.5. The number of hydrogen-bond acceptors (Lipinski definition) is 2. The quantitative estimate of drug-likeness (QED) is 0.254. The standard InChI is InChI=1S/C26H27BrN2O/c1-19(2)22-12-3-6-15-25(22)30-17-8-7-16-29-24-14-5-4-13-23(24)28-26(29)20-10-9-11-21(27)18-20/h3-6,9-15,18-19H,7-8,16-17H2,1-2H3. The molecule has 0 aliphatic heterocycles. The monoisotopic (exact) mass is 462 g/mol. The minimum Gasteiger partial charge on any atom is -0.493 e. The Labute approximate surface area is 186 Å². The maximum absolute atomic E-state index is 6.10. The Kier molecular flexibility index (Phi) is 6.53. The molecule has 0 N–H and O–H groups in total. The Balaban J connectivity index is 1.46. The smallest absolute Gasteiger partial charge is 0.141 e. The van der Waals surface area contributed by atoms with E-state index in [0.717, 1.165) is 53.1 Å². The zero-order valence-corrected chi connectivity index (χ0v) is 19.1. The van der Waals surface area contributed by atoms with Crippen molar-refractivity contribution in [1.82, 2.24) is 9.55 Å². The van der Waals surface area contributed by atoms with E-state index >= 15 is 0 Å². The van der Waals surface area contributed by atoms with Crippen molar-refractivity contribution in [3.05, 3.63) is 82.8 Å². The third-order valence-electron chi connectivity index (χ3n) is 5.31. The number of benzene rings is 3. The normalized spacial score (nSPS) is 11.3. The van der Waals surface area contributed by atoms with Crippen molar-refractivity contribution in [3.8, 4) is 17.1 Å². The van der Waals surface area contributed by atoms with Crippen molar-refractivity contribution >= 4 is 27.0 Å². The molecule has 154 valence electrons. The number of unbranched alkanes of at least 4 members (excludes halogenated alkanes) is 1. The Morgan fingerprint density at radius 2 is 1.73 bits per heavy atom. The summed E-state index contributed by atoms with van der Waals surface area (Å²) in [6.07, 6.45) is 2.03. The molecular weight excluding hydrogens is 436 g/mol. The van der Waals surface area contributed by atoms with Crippen molar-refractivity contribution in [2.24, 2.45) is 0 Å². The van der Waals surface area contributed by atoms with Gasteiger partial charge in [-0.05, 0) is 54.7 Å². The molecule has 0 unspecified atom stereocenters. The number of halogens is 1. The number of aryl methyl sites for hydroxylation is 1. The molecule has 3 aromatic carbocycles. The summed E-state index contributed by atoms with van der Waals surface area (Å²) < 4.78 is 9.50. The van der Waals surface area contributed by atoms with Crippen molar-refractivity contribution in [1.29, 1.82) is 0 Å². The predicted molar refractivity (Wildman–Crippen MR) is 128 cm³/mol. The first kappa shape index (κ1) is 20.7. The second-order valence-electron chi connectivity index (χ2n) is 7.83. The van der Waals surface area contributed by atoms with Crippen LogP contribution in [0.2, 0.25) is 0 Å². The second-order valence-corrected chi connectivity index (χ2v) is 8.75. The Hall–Kier alpha value is -2.59. The summed E-state index contributed by atoms with van der Waals surface area (Å²) in [5.74, 6) is 2.49. The molecule has 30 heavy (non-hydrogen) atoms. The summed E-state index contributed by atoms with van der Waals surface area (Å²) in [5.41, 5.74) is 4.62. The first-order chi connectivity index (χ1) is 14.6. The van der Waals surface area contributed by atoms with E-state index in [4.69, 9.17) is 9.72 Å². The van der Waals surface area contributed by atoms with Gasteiger partial charge in [-0.25, -0.2) is 4.98 Å². The van der Waals surface area contributed by atoms with Gasteiger partial charge >= 0.3 is 0 Å². The van der Waals surface area contributed by atoms with Gasteiger partial charge in [0.25, 0.3) is 0 Å². The molecule has 1 heterocycles. The number of fused-ring (bicyclic) bond motifs is 1. The molecule has 0 saturated carbocycles. The van der Waals surface area contributed by atoms with Crippen molar-refractivity contribution < 1.29 is 4.74 Å². The highest BCUT2D eigenvalue weighted by Crippen LogP contribution is 2.28. The SMILES string of the molecule is CC(C)c1ccccc1OCCCCn1c(-c2cccc(Br)c2)nc2ccccc21. The van der Waals surface area contributed by atoms with Crippen LogP contribution in [-0.4, -0.2) is 16.2 Å². The number of imidazole rings is 1. The fourth-order valence-electron chi connectivity index (χ4n) is 3.79. The van der Waals surface area contributed by atoms with Crippen LogP contribution < -0.4 is 4.74 Å². The number of rotatable bonds is 8. The molecule has 0 saturated heterocycles. The van der Waals surface area contributed by atoms with Crippen LogP contribution in [0.3, 0.4) is 0 Å². The van der Waals surface area contributed by atoms with Crippen LogP contribution in [0.5, 0.6) is 5.75 Å². The Bertz CT molecular complexity index is 1130. The highest BCUT2D eigenvalue weighted by atomic mass is 79.9. The molecule has 0 aliphatic rings. The molecule has 0 spiro atoms. The third-order valence-corrected chi connectivity index (χ3v) is 5.81. The molecule has 0 aliphatic carbocycles. The Morgan fingerprint density at radius 3 is 2.57 bits per heavy atom. The number of hydrogen-bond donors (Lipinski definition) is 0. The largest absolute Gasteiger partial charge is 0.493 e. The number of para-hydroxylation sites is 3. The van der Waals surface area contributed by atoms with Gasteiger partial charge in [0.05, 0.1) is 17.6 Å². The van der Waals surface area contributed by atoms with E-state index in [9.17, 15) is 0 Å². The summed E-state index contributed by atoms with van der Waals surface area (Å²) in [6.45, 7) is 6.05. The zero-order chi connectivity index (χ0) is 20.9. The first-order valence-electron chi connectivity index (χ1n) is 10.6. The molecule has 1 aromatic heterocycles. The van der Waals surface area contributed by atoms with Crippen LogP contribution in [0.15, 0.2) is 77.3 Å². The average Bonchev–Trinajstić information content (AvgIpc) is 3.12. The van der Waals surface area contributed by atoms with Gasteiger partial charge in [0.15, 0.2) is 0 Å². The van der Waals surface area contributed by atoms with Gasteiger partial charge in [-0.15, -0.1) is 0 Å². The molecule has 0 fully saturated rings. The lowest BCUT2D eigenvalue weighted by Crippen LogP contribution is -2.05. The highest BCUT2D eigenvalue weighted by molar-refractivity contribution is 9.10. The van der Waals surface area contributed by atoms with Crippen molar-refractivity contribution in [2.75, 3.05) is 6.61 Å². The van der Waals surface area contributed by atoms with E-state index in [1.165, 1.54) is 11.1 Å². The highest BCUT2D eigenvalue weighted by Gasteiger charge is 2.12. The summed E-state index contributed by atoms with van der Waals surface area (Å²) in [4.78, 5) is 4.91. The molecular formula is C26H27BrN2O. The van der Waals surface area contributed by atoms with Crippen LogP contribution >= 0.6 is 15.9 Å². The van der Waals surface area contributed by atoms with Gasteiger partial charge in [0, 0.05) is 16.6 Å². The topological polar surface area (TPSA) is 27.1 Å². The molecule has 4 heteroatoms. The predicted octanol–water partition coefficient (Wildman–Crippen LogP) is 7.45. The van der Waals surface area contributed by atoms with Gasteiger partial charge in [0.2, 0.25) is 0 Å². The van der Waals surface area contributed by atoms with Gasteiger partial charge in [-0.3, -0.25) is 0 Å². The molecule has 4 rings (SSSR count). The molecule has 0 bridgehead atoms. The maximum atomic E-state index is 6.10. The number of aromatic nitrogens is 2. The number of ether oxygens (including phenoxy) is 1. The average molecular weight is 463 g/mol. The van der Waals surface area contributed by atoms with Crippen LogP contribution in [0.25, 0.3) is 22.4 Å². The van der Waals surface area contributed by atoms with Crippen molar-refractivity contribution in [3.63, 3.8) is 0 Å². The molecule has 0 amide bonds. The van der Waals surface area contributed by atoms with Gasteiger partial charge < -0.3 is 9.30 Å². The fourth-order valence-corrected chi connectivity index (χ4v) is 4.19. The van der Waals surface area contributed by atoms with Gasteiger partial charge in [-0.2, -0.15) is 0 Å². The summed E-state index contributed by atoms with van der Waals surface area (Å²) in [7, 11) is 0. The lowest BCUT2D eigenvalue weighted by molar-refractivity contribution is 0.299. The van der Waals surface area contributed by atoms with Crippen LogP contribution in [0.1, 0.15) is 38.2 Å². The minimum absolute atomic E-state index is 0.464. The van der Waals surface area contributed by atoms with E-state index in [0.29, 0.717) is 5.92 Å². The maximum Gasteiger partial charge on any atom is 0.141 e. The van der Waals surface area contributed by atoms with E-state index in [2.05, 4.69) is 88.9 Å². The summed E-state index contributed by atoms with van der Waals surface area (Å²) >= 11 is 3.59. The molecule has 3 nitrogen and oxygen atoms in total. The third kappa shape index (κ3) is 4.59. The van der Waals surface area contributed by atoms with E-state index in [-0.39, 0.29) is 0 Å². The molecule has 0 radical (unpaired) electrons. The summed E-state index contributed by atoms with van der Waals surface area (Å²) in [6, 6.07) is 25.1. The molecule has 0 atom stereocenters. The van der Waals surface area contributed by atoms with Crippen LogP contribution in [0, 0.1) is 0 Å².